The van der Waals surface area contributed by atoms with E-state index in [0.717, 1.165) is 18.6 Å². The van der Waals surface area contributed by atoms with Crippen LogP contribution in [0.3, 0.4) is 0 Å². The molecule has 0 aromatic heterocycles. The number of hydrogen-bond donors (Lipinski definition) is 1. The number of allylic oxidation sites excluding steroid dienone is 1. The summed E-state index contributed by atoms with van der Waals surface area (Å²) in [6.07, 6.45) is 4.28. The van der Waals surface area contributed by atoms with Crippen LogP contribution in [0.4, 0.5) is 0 Å². The van der Waals surface area contributed by atoms with Gasteiger partial charge in [-0.3, -0.25) is 0 Å². The van der Waals surface area contributed by atoms with E-state index in [0.29, 0.717) is 0 Å². The van der Waals surface area contributed by atoms with E-state index in [1.807, 2.05) is 0 Å². The van der Waals surface area contributed by atoms with Crippen LogP contribution in [0.5, 0.6) is 0 Å². The average Bonchev–Trinajstić information content (AvgIpc) is 2.02. The summed E-state index contributed by atoms with van der Waals surface area (Å²) < 4.78 is 5.23. The molecule has 0 heterocycles. The highest BCUT2D eigenvalue weighted by molar-refractivity contribution is 5.08. The number of rotatable bonds is 2. The third-order valence-corrected chi connectivity index (χ3v) is 2.84. The van der Waals surface area contributed by atoms with Gasteiger partial charge in [-0.1, -0.05) is 13.8 Å². The molecule has 1 aliphatic carbocycles. The molecule has 2 nitrogen and oxygen atoms in total. The third kappa shape index (κ3) is 1.63. The lowest BCUT2D eigenvalue weighted by atomic mass is 9.71. The van der Waals surface area contributed by atoms with Crippen molar-refractivity contribution in [3.05, 3.63) is 11.8 Å². The van der Waals surface area contributed by atoms with Gasteiger partial charge in [0, 0.05) is 5.92 Å². The van der Waals surface area contributed by atoms with Crippen molar-refractivity contribution in [1.82, 2.24) is 0 Å². The monoisotopic (exact) mass is 170 g/mol. The van der Waals surface area contributed by atoms with E-state index >= 15 is 0 Å². The minimum Gasteiger partial charge on any atom is -0.501 e. The Balaban J connectivity index is 2.82. The van der Waals surface area contributed by atoms with Crippen molar-refractivity contribution < 1.29 is 9.84 Å². The highest BCUT2D eigenvalue weighted by Gasteiger charge is 2.34. The van der Waals surface area contributed by atoms with Gasteiger partial charge in [0.05, 0.1) is 19.5 Å². The molecule has 1 atom stereocenters. The van der Waals surface area contributed by atoms with Gasteiger partial charge in [-0.2, -0.15) is 0 Å². The van der Waals surface area contributed by atoms with Gasteiger partial charge in [0.2, 0.25) is 0 Å². The second-order valence-corrected chi connectivity index (χ2v) is 4.07. The molecule has 0 aliphatic heterocycles. The van der Waals surface area contributed by atoms with Crippen LogP contribution in [0.1, 0.15) is 26.7 Å². The first-order valence-corrected chi connectivity index (χ1v) is 4.46. The van der Waals surface area contributed by atoms with Crippen LogP contribution in [0, 0.1) is 11.3 Å². The Morgan fingerprint density at radius 3 is 2.75 bits per heavy atom. The molecular formula is C10H18O2. The standard InChI is InChI=1S/C10H18O2/c1-10(2)6-4-5-9(12-3)8(10)7-11/h5,8,11H,4,6-7H2,1-3H3. The third-order valence-electron chi connectivity index (χ3n) is 2.84. The molecule has 0 fully saturated rings. The Labute approximate surface area is 74.2 Å². The Bertz CT molecular complexity index is 182. The lowest BCUT2D eigenvalue weighted by molar-refractivity contribution is 0.0744. The minimum absolute atomic E-state index is 0.175. The van der Waals surface area contributed by atoms with E-state index in [2.05, 4.69) is 19.9 Å². The largest absolute Gasteiger partial charge is 0.501 e. The van der Waals surface area contributed by atoms with Crippen molar-refractivity contribution in [2.24, 2.45) is 11.3 Å². The lowest BCUT2D eigenvalue weighted by Gasteiger charge is -2.37. The number of methoxy groups -OCH3 is 1. The van der Waals surface area contributed by atoms with Crippen LogP contribution in [0.15, 0.2) is 11.8 Å². The second-order valence-electron chi connectivity index (χ2n) is 4.07. The van der Waals surface area contributed by atoms with E-state index in [-0.39, 0.29) is 17.9 Å². The topological polar surface area (TPSA) is 29.5 Å². The summed E-state index contributed by atoms with van der Waals surface area (Å²) in [5.74, 6) is 1.13. The molecule has 12 heavy (non-hydrogen) atoms. The van der Waals surface area contributed by atoms with Crippen LogP contribution < -0.4 is 0 Å². The maximum Gasteiger partial charge on any atom is 0.0974 e. The molecule has 1 aliphatic rings. The predicted molar refractivity (Wildman–Crippen MR) is 48.7 cm³/mol. The number of ether oxygens (including phenoxy) is 1. The molecule has 0 aromatic carbocycles. The van der Waals surface area contributed by atoms with E-state index in [9.17, 15) is 5.11 Å². The van der Waals surface area contributed by atoms with Crippen molar-refractivity contribution in [2.45, 2.75) is 26.7 Å². The van der Waals surface area contributed by atoms with Gasteiger partial charge in [0.15, 0.2) is 0 Å². The van der Waals surface area contributed by atoms with E-state index in [1.165, 1.54) is 0 Å². The molecule has 0 saturated heterocycles. The van der Waals surface area contributed by atoms with Gasteiger partial charge in [0.1, 0.15) is 0 Å². The van der Waals surface area contributed by atoms with E-state index in [4.69, 9.17) is 4.74 Å². The Morgan fingerprint density at radius 2 is 2.33 bits per heavy atom. The van der Waals surface area contributed by atoms with Crippen molar-refractivity contribution in [3.63, 3.8) is 0 Å². The number of hydrogen-bond acceptors (Lipinski definition) is 2. The van der Waals surface area contributed by atoms with Gasteiger partial charge >= 0.3 is 0 Å². The van der Waals surface area contributed by atoms with Crippen LogP contribution in [-0.2, 0) is 4.74 Å². The van der Waals surface area contributed by atoms with Gasteiger partial charge in [0.25, 0.3) is 0 Å². The number of aliphatic hydroxyl groups is 1. The molecular weight excluding hydrogens is 152 g/mol. The summed E-state index contributed by atoms with van der Waals surface area (Å²) in [6.45, 7) is 4.55. The van der Waals surface area contributed by atoms with Crippen LogP contribution in [0.2, 0.25) is 0 Å². The first kappa shape index (κ1) is 9.59. The highest BCUT2D eigenvalue weighted by atomic mass is 16.5. The SMILES string of the molecule is COC1=CCCC(C)(C)C1CO. The molecule has 0 saturated carbocycles. The molecule has 0 amide bonds. The zero-order valence-corrected chi connectivity index (χ0v) is 8.13. The second kappa shape index (κ2) is 3.48. The van der Waals surface area contributed by atoms with Crippen molar-refractivity contribution >= 4 is 0 Å². The van der Waals surface area contributed by atoms with Crippen molar-refractivity contribution in [3.8, 4) is 0 Å². The fraction of sp³-hybridized carbons (Fsp3) is 0.800. The molecule has 0 bridgehead atoms. The summed E-state index contributed by atoms with van der Waals surface area (Å²) in [5, 5.41) is 9.21. The predicted octanol–water partition coefficient (Wildman–Crippen LogP) is 1.95. The average molecular weight is 170 g/mol. The van der Waals surface area contributed by atoms with Gasteiger partial charge in [-0.25, -0.2) is 0 Å². The smallest absolute Gasteiger partial charge is 0.0974 e. The summed E-state index contributed by atoms with van der Waals surface area (Å²) in [5.41, 5.74) is 0.175. The fourth-order valence-corrected chi connectivity index (χ4v) is 1.85. The normalized spacial score (nSPS) is 28.0. The van der Waals surface area contributed by atoms with Gasteiger partial charge in [-0.15, -0.1) is 0 Å². The Morgan fingerprint density at radius 1 is 1.67 bits per heavy atom. The molecule has 2 heteroatoms. The molecule has 1 N–H and O–H groups in total. The van der Waals surface area contributed by atoms with Crippen LogP contribution in [-0.4, -0.2) is 18.8 Å². The first-order valence-electron chi connectivity index (χ1n) is 4.46. The van der Waals surface area contributed by atoms with E-state index < -0.39 is 0 Å². The van der Waals surface area contributed by atoms with Crippen LogP contribution in [0.25, 0.3) is 0 Å². The van der Waals surface area contributed by atoms with E-state index in [1.54, 1.807) is 7.11 Å². The molecule has 70 valence electrons. The zero-order valence-electron chi connectivity index (χ0n) is 8.13. The van der Waals surface area contributed by atoms with Gasteiger partial charge < -0.3 is 9.84 Å². The molecule has 0 spiro atoms. The van der Waals surface area contributed by atoms with Crippen LogP contribution >= 0.6 is 0 Å². The fourth-order valence-electron chi connectivity index (χ4n) is 1.85. The quantitative estimate of drug-likeness (QED) is 0.686. The molecule has 1 rings (SSSR count). The zero-order chi connectivity index (χ0) is 9.19. The summed E-state index contributed by atoms with van der Waals surface area (Å²) >= 11 is 0. The van der Waals surface area contributed by atoms with Crippen molar-refractivity contribution in [2.75, 3.05) is 13.7 Å². The summed E-state index contributed by atoms with van der Waals surface area (Å²) in [6, 6.07) is 0. The lowest BCUT2D eigenvalue weighted by Crippen LogP contribution is -2.31. The maximum atomic E-state index is 9.21. The van der Waals surface area contributed by atoms with Gasteiger partial charge in [-0.05, 0) is 24.3 Å². The molecule has 0 aromatic rings. The Hall–Kier alpha value is -0.500. The maximum absolute atomic E-state index is 9.21. The van der Waals surface area contributed by atoms with Crippen molar-refractivity contribution in [1.29, 1.82) is 0 Å². The Kier molecular flexibility index (Phi) is 2.78. The molecule has 1 unspecified atom stereocenters. The highest BCUT2D eigenvalue weighted by Crippen LogP contribution is 2.40. The first-order chi connectivity index (χ1) is 5.61. The molecule has 0 radical (unpaired) electrons. The minimum atomic E-state index is 0.175. The summed E-state index contributed by atoms with van der Waals surface area (Å²) in [4.78, 5) is 0. The summed E-state index contributed by atoms with van der Waals surface area (Å²) in [7, 11) is 1.68. The number of aliphatic hydroxyl groups excluding tert-OH is 1.